The summed E-state index contributed by atoms with van der Waals surface area (Å²) in [5, 5.41) is 14.7. The average molecular weight is 246 g/mol. The second-order valence-corrected chi connectivity index (χ2v) is 3.93. The lowest BCUT2D eigenvalue weighted by Crippen LogP contribution is -2.34. The molecule has 0 saturated heterocycles. The standard InChI is InChI=1S/C14H18N2O2/c1-12(17)11-15-9-10-16-14(18)8-7-13-5-3-2-4-6-13/h2-6,12,15,17H,9-11H2,1H3,(H,16,18). The van der Waals surface area contributed by atoms with Crippen LogP contribution in [0, 0.1) is 11.8 Å². The summed E-state index contributed by atoms with van der Waals surface area (Å²) in [6.07, 6.45) is -0.376. The van der Waals surface area contributed by atoms with E-state index in [4.69, 9.17) is 5.11 Å². The Morgan fingerprint density at radius 1 is 1.33 bits per heavy atom. The number of amides is 1. The summed E-state index contributed by atoms with van der Waals surface area (Å²) in [6, 6.07) is 9.36. The van der Waals surface area contributed by atoms with Crippen molar-refractivity contribution in [3.05, 3.63) is 35.9 Å². The first-order valence-corrected chi connectivity index (χ1v) is 5.92. The molecule has 1 amide bonds. The Labute approximate surface area is 107 Å². The van der Waals surface area contributed by atoms with Crippen LogP contribution < -0.4 is 10.6 Å². The molecule has 0 bridgehead atoms. The van der Waals surface area contributed by atoms with E-state index in [9.17, 15) is 4.79 Å². The molecule has 0 aliphatic carbocycles. The zero-order valence-corrected chi connectivity index (χ0v) is 10.4. The molecule has 4 heteroatoms. The topological polar surface area (TPSA) is 61.4 Å². The zero-order chi connectivity index (χ0) is 13.2. The van der Waals surface area contributed by atoms with Crippen LogP contribution in [0.2, 0.25) is 0 Å². The molecule has 0 spiro atoms. The first kappa shape index (κ1) is 14.2. The number of aliphatic hydroxyl groups is 1. The number of rotatable bonds is 5. The Morgan fingerprint density at radius 3 is 2.72 bits per heavy atom. The molecule has 0 aliphatic rings. The molecule has 0 fully saturated rings. The molecule has 1 unspecified atom stereocenters. The summed E-state index contributed by atoms with van der Waals surface area (Å²) < 4.78 is 0. The molecule has 0 heterocycles. The molecular formula is C14H18N2O2. The van der Waals surface area contributed by atoms with Crippen LogP contribution in [0.4, 0.5) is 0 Å². The van der Waals surface area contributed by atoms with E-state index in [1.54, 1.807) is 6.92 Å². The van der Waals surface area contributed by atoms with E-state index in [-0.39, 0.29) is 12.0 Å². The number of carbonyl (C=O) groups excluding carboxylic acids is 1. The smallest absolute Gasteiger partial charge is 0.296 e. The van der Waals surface area contributed by atoms with E-state index in [1.807, 2.05) is 30.3 Å². The van der Waals surface area contributed by atoms with E-state index >= 15 is 0 Å². The molecule has 96 valence electrons. The van der Waals surface area contributed by atoms with Gasteiger partial charge in [0.05, 0.1) is 6.10 Å². The van der Waals surface area contributed by atoms with Crippen molar-refractivity contribution < 1.29 is 9.90 Å². The third-order valence-electron chi connectivity index (χ3n) is 2.12. The first-order valence-electron chi connectivity index (χ1n) is 5.92. The van der Waals surface area contributed by atoms with E-state index < -0.39 is 0 Å². The van der Waals surface area contributed by atoms with E-state index in [0.717, 1.165) is 5.56 Å². The Hall–Kier alpha value is -1.83. The molecular weight excluding hydrogens is 228 g/mol. The Balaban J connectivity index is 2.20. The predicted octanol–water partition coefficient (Wildman–Crippen LogP) is 0.125. The van der Waals surface area contributed by atoms with Gasteiger partial charge in [0.15, 0.2) is 0 Å². The minimum Gasteiger partial charge on any atom is -0.392 e. The number of nitrogens with one attached hydrogen (secondary N) is 2. The summed E-state index contributed by atoms with van der Waals surface area (Å²) in [5.41, 5.74) is 0.819. The Kier molecular flexibility index (Phi) is 6.55. The van der Waals surface area contributed by atoms with Gasteiger partial charge in [-0.25, -0.2) is 0 Å². The quantitative estimate of drug-likeness (QED) is 0.511. The molecule has 0 saturated carbocycles. The van der Waals surface area contributed by atoms with Crippen molar-refractivity contribution in [1.82, 2.24) is 10.6 Å². The zero-order valence-electron chi connectivity index (χ0n) is 10.4. The number of hydrogen-bond donors (Lipinski definition) is 3. The molecule has 0 radical (unpaired) electrons. The monoisotopic (exact) mass is 246 g/mol. The van der Waals surface area contributed by atoms with Gasteiger partial charge in [0.25, 0.3) is 5.91 Å². The van der Waals surface area contributed by atoms with Gasteiger partial charge in [-0.2, -0.15) is 0 Å². The molecule has 0 aromatic heterocycles. The molecule has 1 atom stereocenters. The highest BCUT2D eigenvalue weighted by Crippen LogP contribution is 1.94. The van der Waals surface area contributed by atoms with Gasteiger partial charge >= 0.3 is 0 Å². The summed E-state index contributed by atoms with van der Waals surface area (Å²) >= 11 is 0. The highest BCUT2D eigenvalue weighted by atomic mass is 16.3. The maximum atomic E-state index is 11.4. The fourth-order valence-electron chi connectivity index (χ4n) is 1.27. The Bertz CT molecular complexity index is 418. The maximum Gasteiger partial charge on any atom is 0.296 e. The van der Waals surface area contributed by atoms with Crippen LogP contribution >= 0.6 is 0 Å². The van der Waals surface area contributed by atoms with Crippen molar-refractivity contribution in [3.8, 4) is 11.8 Å². The van der Waals surface area contributed by atoms with Gasteiger partial charge in [0.2, 0.25) is 0 Å². The van der Waals surface area contributed by atoms with Crippen molar-refractivity contribution in [2.24, 2.45) is 0 Å². The summed E-state index contributed by atoms with van der Waals surface area (Å²) in [5.74, 6) is 5.01. The lowest BCUT2D eigenvalue weighted by Gasteiger charge is -2.06. The fourth-order valence-corrected chi connectivity index (χ4v) is 1.27. The lowest BCUT2D eigenvalue weighted by molar-refractivity contribution is -0.115. The molecule has 18 heavy (non-hydrogen) atoms. The largest absolute Gasteiger partial charge is 0.392 e. The van der Waals surface area contributed by atoms with Crippen LogP contribution in [-0.4, -0.2) is 36.8 Å². The maximum absolute atomic E-state index is 11.4. The average Bonchev–Trinajstić information content (AvgIpc) is 2.37. The van der Waals surface area contributed by atoms with Crippen molar-refractivity contribution in [1.29, 1.82) is 0 Å². The molecule has 3 N–H and O–H groups in total. The Morgan fingerprint density at radius 2 is 2.06 bits per heavy atom. The number of hydrogen-bond acceptors (Lipinski definition) is 3. The second-order valence-electron chi connectivity index (χ2n) is 3.93. The van der Waals surface area contributed by atoms with Gasteiger partial charge in [0, 0.05) is 31.1 Å². The van der Waals surface area contributed by atoms with Crippen LogP contribution in [0.15, 0.2) is 30.3 Å². The first-order chi connectivity index (χ1) is 8.68. The number of aliphatic hydroxyl groups excluding tert-OH is 1. The summed E-state index contributed by atoms with van der Waals surface area (Å²) in [7, 11) is 0. The van der Waals surface area contributed by atoms with E-state index in [0.29, 0.717) is 19.6 Å². The SMILES string of the molecule is CC(O)CNCCNC(=O)C#Cc1ccccc1. The van der Waals surface area contributed by atoms with Crippen LogP contribution in [0.5, 0.6) is 0 Å². The predicted molar refractivity (Wildman–Crippen MR) is 70.9 cm³/mol. The normalized spacial score (nSPS) is 11.2. The van der Waals surface area contributed by atoms with Crippen molar-refractivity contribution in [3.63, 3.8) is 0 Å². The van der Waals surface area contributed by atoms with E-state index in [2.05, 4.69) is 22.5 Å². The minimum atomic E-state index is -0.376. The minimum absolute atomic E-state index is 0.294. The van der Waals surface area contributed by atoms with Crippen LogP contribution in [0.25, 0.3) is 0 Å². The van der Waals surface area contributed by atoms with Crippen LogP contribution in [-0.2, 0) is 4.79 Å². The van der Waals surface area contributed by atoms with E-state index in [1.165, 1.54) is 0 Å². The van der Waals surface area contributed by atoms with Gasteiger partial charge in [-0.15, -0.1) is 0 Å². The third-order valence-corrected chi connectivity index (χ3v) is 2.12. The molecule has 1 aromatic rings. The van der Waals surface area contributed by atoms with Gasteiger partial charge in [-0.05, 0) is 19.1 Å². The lowest BCUT2D eigenvalue weighted by atomic mass is 10.2. The van der Waals surface area contributed by atoms with Crippen molar-refractivity contribution in [2.45, 2.75) is 13.0 Å². The molecule has 4 nitrogen and oxygen atoms in total. The van der Waals surface area contributed by atoms with Gasteiger partial charge in [-0.3, -0.25) is 4.79 Å². The highest BCUT2D eigenvalue weighted by Gasteiger charge is 1.96. The van der Waals surface area contributed by atoms with Gasteiger partial charge in [-0.1, -0.05) is 24.1 Å². The number of carbonyl (C=O) groups is 1. The molecule has 1 rings (SSSR count). The van der Waals surface area contributed by atoms with Gasteiger partial charge in [0.1, 0.15) is 0 Å². The third kappa shape index (κ3) is 6.69. The molecule has 0 aliphatic heterocycles. The summed E-state index contributed by atoms with van der Waals surface area (Å²) in [4.78, 5) is 11.4. The van der Waals surface area contributed by atoms with Crippen LogP contribution in [0.1, 0.15) is 12.5 Å². The van der Waals surface area contributed by atoms with Crippen molar-refractivity contribution in [2.75, 3.05) is 19.6 Å². The van der Waals surface area contributed by atoms with Crippen LogP contribution in [0.3, 0.4) is 0 Å². The second kappa shape index (κ2) is 8.29. The fraction of sp³-hybridized carbons (Fsp3) is 0.357. The highest BCUT2D eigenvalue weighted by molar-refractivity contribution is 5.94. The van der Waals surface area contributed by atoms with Gasteiger partial charge < -0.3 is 15.7 Å². The van der Waals surface area contributed by atoms with Crippen molar-refractivity contribution >= 4 is 5.91 Å². The molecule has 1 aromatic carbocycles. The number of benzene rings is 1. The summed E-state index contributed by atoms with van der Waals surface area (Å²) in [6.45, 7) is 3.33.